The second kappa shape index (κ2) is 5.16. The Morgan fingerprint density at radius 2 is 2.27 bits per heavy atom. The van der Waals surface area contributed by atoms with Crippen molar-refractivity contribution in [3.05, 3.63) is 16.5 Å². The minimum atomic E-state index is -0.0495. The van der Waals surface area contributed by atoms with E-state index < -0.39 is 0 Å². The molecule has 0 aromatic carbocycles. The Morgan fingerprint density at radius 1 is 1.60 bits per heavy atom. The molecule has 0 saturated carbocycles. The number of nitrogens with two attached hydrogens (primary N) is 1. The fraction of sp³-hybridized carbons (Fsp3) is 0.545. The predicted molar refractivity (Wildman–Crippen MR) is 65.4 cm³/mol. The summed E-state index contributed by atoms with van der Waals surface area (Å²) in [6.07, 6.45) is 1.02. The summed E-state index contributed by atoms with van der Waals surface area (Å²) in [6, 6.07) is 0. The summed E-state index contributed by atoms with van der Waals surface area (Å²) in [4.78, 5) is 11.8. The molecule has 0 aliphatic carbocycles. The molecular weight excluding hydrogens is 208 g/mol. The number of carbonyl (C=O) groups is 1. The van der Waals surface area contributed by atoms with E-state index in [0.717, 1.165) is 12.0 Å². The second-order valence-electron chi connectivity index (χ2n) is 3.60. The summed E-state index contributed by atoms with van der Waals surface area (Å²) in [5, 5.41) is 5.41. The van der Waals surface area contributed by atoms with Crippen LogP contribution < -0.4 is 11.1 Å². The summed E-state index contributed by atoms with van der Waals surface area (Å²) in [5.74, 6) is 0.336. The third-order valence-electron chi connectivity index (χ3n) is 2.56. The third-order valence-corrected chi connectivity index (χ3v) is 3.39. The highest BCUT2D eigenvalue weighted by atomic mass is 32.1. The fourth-order valence-corrected chi connectivity index (χ4v) is 2.39. The minimum Gasteiger partial charge on any atom is -0.390 e. The zero-order chi connectivity index (χ0) is 11.4. The van der Waals surface area contributed by atoms with Gasteiger partial charge in [-0.05, 0) is 30.2 Å². The SMILES string of the molecule is CCNC(=O)c1c(C(C)CC)csc1N. The van der Waals surface area contributed by atoms with Crippen LogP contribution in [0.1, 0.15) is 49.0 Å². The van der Waals surface area contributed by atoms with Crippen molar-refractivity contribution in [1.29, 1.82) is 0 Å². The van der Waals surface area contributed by atoms with Crippen molar-refractivity contribution >= 4 is 22.2 Å². The molecule has 1 atom stereocenters. The van der Waals surface area contributed by atoms with Crippen LogP contribution in [0.3, 0.4) is 0 Å². The van der Waals surface area contributed by atoms with E-state index in [0.29, 0.717) is 23.0 Å². The Bertz CT molecular complexity index is 346. The molecule has 0 aliphatic rings. The third kappa shape index (κ3) is 2.50. The summed E-state index contributed by atoms with van der Waals surface area (Å²) in [6.45, 7) is 6.77. The van der Waals surface area contributed by atoms with E-state index in [2.05, 4.69) is 19.2 Å². The van der Waals surface area contributed by atoms with Gasteiger partial charge in [-0.3, -0.25) is 4.79 Å². The number of thiophene rings is 1. The van der Waals surface area contributed by atoms with Crippen LogP contribution in [0.15, 0.2) is 5.38 Å². The lowest BCUT2D eigenvalue weighted by Crippen LogP contribution is -2.24. The molecule has 3 nitrogen and oxygen atoms in total. The largest absolute Gasteiger partial charge is 0.390 e. The monoisotopic (exact) mass is 226 g/mol. The average Bonchev–Trinajstić information content (AvgIpc) is 2.59. The zero-order valence-electron chi connectivity index (χ0n) is 9.46. The van der Waals surface area contributed by atoms with Crippen molar-refractivity contribution < 1.29 is 4.79 Å². The molecule has 1 aromatic rings. The molecule has 1 heterocycles. The Morgan fingerprint density at radius 3 is 2.80 bits per heavy atom. The predicted octanol–water partition coefficient (Wildman–Crippen LogP) is 2.59. The number of hydrogen-bond acceptors (Lipinski definition) is 3. The number of rotatable bonds is 4. The molecule has 1 rings (SSSR count). The number of carbonyl (C=O) groups excluding carboxylic acids is 1. The molecule has 0 fully saturated rings. The lowest BCUT2D eigenvalue weighted by atomic mass is 9.97. The highest BCUT2D eigenvalue weighted by Gasteiger charge is 2.19. The molecule has 0 radical (unpaired) electrons. The molecule has 1 aromatic heterocycles. The molecule has 0 aliphatic heterocycles. The van der Waals surface area contributed by atoms with Gasteiger partial charge < -0.3 is 11.1 Å². The van der Waals surface area contributed by atoms with Crippen LogP contribution in [-0.4, -0.2) is 12.5 Å². The van der Waals surface area contributed by atoms with Gasteiger partial charge in [0.1, 0.15) is 0 Å². The maximum atomic E-state index is 11.8. The maximum Gasteiger partial charge on any atom is 0.254 e. The van der Waals surface area contributed by atoms with Crippen molar-refractivity contribution in [1.82, 2.24) is 5.32 Å². The molecule has 15 heavy (non-hydrogen) atoms. The van der Waals surface area contributed by atoms with Gasteiger partial charge in [0.05, 0.1) is 10.6 Å². The van der Waals surface area contributed by atoms with Gasteiger partial charge in [-0.25, -0.2) is 0 Å². The van der Waals surface area contributed by atoms with Crippen molar-refractivity contribution in [3.63, 3.8) is 0 Å². The normalized spacial score (nSPS) is 12.5. The molecule has 84 valence electrons. The first kappa shape index (κ1) is 12.0. The van der Waals surface area contributed by atoms with Gasteiger partial charge in [0.25, 0.3) is 5.91 Å². The van der Waals surface area contributed by atoms with E-state index in [4.69, 9.17) is 5.73 Å². The van der Waals surface area contributed by atoms with Crippen LogP contribution in [0.4, 0.5) is 5.00 Å². The first-order valence-corrected chi connectivity index (χ1v) is 6.14. The van der Waals surface area contributed by atoms with Crippen LogP contribution in [0, 0.1) is 0 Å². The van der Waals surface area contributed by atoms with E-state index in [-0.39, 0.29) is 5.91 Å². The Labute approximate surface area is 94.7 Å². The van der Waals surface area contributed by atoms with Gasteiger partial charge in [-0.15, -0.1) is 11.3 Å². The van der Waals surface area contributed by atoms with E-state index in [1.807, 2.05) is 12.3 Å². The first-order valence-electron chi connectivity index (χ1n) is 5.26. The molecule has 1 unspecified atom stereocenters. The maximum absolute atomic E-state index is 11.8. The molecular formula is C11H18N2OS. The van der Waals surface area contributed by atoms with Crippen LogP contribution >= 0.6 is 11.3 Å². The van der Waals surface area contributed by atoms with Gasteiger partial charge in [-0.1, -0.05) is 13.8 Å². The zero-order valence-corrected chi connectivity index (χ0v) is 10.3. The van der Waals surface area contributed by atoms with Gasteiger partial charge >= 0.3 is 0 Å². The van der Waals surface area contributed by atoms with Gasteiger partial charge in [0.2, 0.25) is 0 Å². The smallest absolute Gasteiger partial charge is 0.254 e. The first-order chi connectivity index (χ1) is 7.11. The molecule has 0 saturated heterocycles. The number of nitrogen functional groups attached to an aromatic ring is 1. The number of nitrogens with one attached hydrogen (secondary N) is 1. The highest BCUT2D eigenvalue weighted by Crippen LogP contribution is 2.32. The fourth-order valence-electron chi connectivity index (χ4n) is 1.46. The quantitative estimate of drug-likeness (QED) is 0.829. The molecule has 3 N–H and O–H groups in total. The van der Waals surface area contributed by atoms with E-state index in [9.17, 15) is 4.79 Å². The van der Waals surface area contributed by atoms with Crippen LogP contribution in [0.25, 0.3) is 0 Å². The summed E-state index contributed by atoms with van der Waals surface area (Å²) in [7, 11) is 0. The van der Waals surface area contributed by atoms with Crippen molar-refractivity contribution in [3.8, 4) is 0 Å². The summed E-state index contributed by atoms with van der Waals surface area (Å²) >= 11 is 1.45. The van der Waals surface area contributed by atoms with Gasteiger partial charge in [0.15, 0.2) is 0 Å². The lowest BCUT2D eigenvalue weighted by molar-refractivity contribution is 0.0956. The van der Waals surface area contributed by atoms with Gasteiger partial charge in [-0.2, -0.15) is 0 Å². The van der Waals surface area contributed by atoms with Crippen LogP contribution in [0.2, 0.25) is 0 Å². The number of amides is 1. The Kier molecular flexibility index (Phi) is 4.15. The Hall–Kier alpha value is -1.03. The Balaban J connectivity index is 3.03. The number of anilines is 1. The van der Waals surface area contributed by atoms with Gasteiger partial charge in [0, 0.05) is 6.54 Å². The molecule has 0 spiro atoms. The summed E-state index contributed by atoms with van der Waals surface area (Å²) < 4.78 is 0. The van der Waals surface area contributed by atoms with Crippen molar-refractivity contribution in [2.75, 3.05) is 12.3 Å². The summed E-state index contributed by atoms with van der Waals surface area (Å²) in [5.41, 5.74) is 7.57. The van der Waals surface area contributed by atoms with E-state index >= 15 is 0 Å². The van der Waals surface area contributed by atoms with E-state index in [1.165, 1.54) is 11.3 Å². The molecule has 4 heteroatoms. The lowest BCUT2D eigenvalue weighted by Gasteiger charge is -2.10. The second-order valence-corrected chi connectivity index (χ2v) is 4.51. The number of hydrogen-bond donors (Lipinski definition) is 2. The molecule has 1 amide bonds. The van der Waals surface area contributed by atoms with Crippen LogP contribution in [-0.2, 0) is 0 Å². The van der Waals surface area contributed by atoms with E-state index in [1.54, 1.807) is 0 Å². The average molecular weight is 226 g/mol. The molecule has 0 bridgehead atoms. The highest BCUT2D eigenvalue weighted by molar-refractivity contribution is 7.14. The standard InChI is InChI=1S/C11H18N2OS/c1-4-7(3)8-6-15-10(12)9(8)11(14)13-5-2/h6-7H,4-5,12H2,1-3H3,(H,13,14). The van der Waals surface area contributed by atoms with Crippen molar-refractivity contribution in [2.24, 2.45) is 0 Å². The van der Waals surface area contributed by atoms with Crippen molar-refractivity contribution in [2.45, 2.75) is 33.1 Å². The topological polar surface area (TPSA) is 55.1 Å². The van der Waals surface area contributed by atoms with Crippen LogP contribution in [0.5, 0.6) is 0 Å². The minimum absolute atomic E-state index is 0.0495.